The van der Waals surface area contributed by atoms with Crippen molar-refractivity contribution in [2.45, 2.75) is 39.7 Å². The summed E-state index contributed by atoms with van der Waals surface area (Å²) in [5.41, 5.74) is 4.96. The first-order valence-corrected chi connectivity index (χ1v) is 6.77. The molecule has 0 unspecified atom stereocenters. The van der Waals surface area contributed by atoms with Gasteiger partial charge in [-0.3, -0.25) is 0 Å². The zero-order valence-electron chi connectivity index (χ0n) is 11.8. The lowest BCUT2D eigenvalue weighted by Crippen LogP contribution is -2.47. The van der Waals surface area contributed by atoms with Crippen molar-refractivity contribution in [3.05, 3.63) is 28.8 Å². The lowest BCUT2D eigenvalue weighted by atomic mass is 10.0. The average Bonchev–Trinajstić information content (AvgIpc) is 2.34. The molecular formula is C15H21N2O2-. The minimum Gasteiger partial charge on any atom is -0.530 e. The molecule has 19 heavy (non-hydrogen) atoms. The number of anilines is 1. The van der Waals surface area contributed by atoms with Crippen LogP contribution in [0.2, 0.25) is 0 Å². The summed E-state index contributed by atoms with van der Waals surface area (Å²) in [6.45, 7) is 7.44. The zero-order chi connectivity index (χ0) is 14.0. The van der Waals surface area contributed by atoms with E-state index in [1.165, 1.54) is 27.3 Å². The van der Waals surface area contributed by atoms with Gasteiger partial charge in [0.25, 0.3) is 0 Å². The van der Waals surface area contributed by atoms with E-state index in [-0.39, 0.29) is 0 Å². The van der Waals surface area contributed by atoms with Crippen LogP contribution in [0.1, 0.15) is 29.5 Å². The van der Waals surface area contributed by atoms with E-state index in [2.05, 4.69) is 38.2 Å². The first-order chi connectivity index (χ1) is 8.97. The fraction of sp³-hybridized carbons (Fsp3) is 0.533. The maximum Gasteiger partial charge on any atom is 0.136 e. The minimum atomic E-state index is -1.05. The van der Waals surface area contributed by atoms with Gasteiger partial charge in [-0.2, -0.15) is 0 Å². The highest BCUT2D eigenvalue weighted by molar-refractivity contribution is 5.63. The Morgan fingerprint density at radius 2 is 1.74 bits per heavy atom. The molecule has 4 nitrogen and oxygen atoms in total. The van der Waals surface area contributed by atoms with Crippen LogP contribution in [0.25, 0.3) is 0 Å². The molecule has 1 amide bonds. The molecule has 0 spiro atoms. The molecule has 0 aromatic heterocycles. The van der Waals surface area contributed by atoms with Crippen molar-refractivity contribution in [2.24, 2.45) is 0 Å². The number of nitrogens with one attached hydrogen (secondary N) is 1. The molecule has 1 saturated heterocycles. The fourth-order valence-electron chi connectivity index (χ4n) is 2.82. The van der Waals surface area contributed by atoms with Gasteiger partial charge in [0.2, 0.25) is 0 Å². The Morgan fingerprint density at radius 1 is 1.21 bits per heavy atom. The molecule has 1 aromatic carbocycles. The molecule has 0 radical (unpaired) electrons. The number of carbonyl (C=O) groups is 1. The van der Waals surface area contributed by atoms with Crippen LogP contribution < -0.4 is 10.4 Å². The third kappa shape index (κ3) is 3.19. The van der Waals surface area contributed by atoms with Gasteiger partial charge in [0, 0.05) is 24.8 Å². The Hall–Kier alpha value is -1.71. The summed E-state index contributed by atoms with van der Waals surface area (Å²) in [5.74, 6) is 0. The summed E-state index contributed by atoms with van der Waals surface area (Å²) in [6.07, 6.45) is 0.614. The predicted molar refractivity (Wildman–Crippen MR) is 74.3 cm³/mol. The van der Waals surface area contributed by atoms with Crippen molar-refractivity contribution >= 4 is 11.8 Å². The molecule has 1 aliphatic heterocycles. The topological polar surface area (TPSA) is 55.4 Å². The number of piperidine rings is 1. The molecule has 2 rings (SSSR count). The third-order valence-corrected chi connectivity index (χ3v) is 3.78. The minimum absolute atomic E-state index is 0.343. The maximum atomic E-state index is 10.8. The van der Waals surface area contributed by atoms with E-state index in [1.807, 2.05) is 0 Å². The van der Waals surface area contributed by atoms with E-state index >= 15 is 0 Å². The predicted octanol–water partition coefficient (Wildman–Crippen LogP) is 1.83. The summed E-state index contributed by atoms with van der Waals surface area (Å²) in [4.78, 5) is 12.1. The second kappa shape index (κ2) is 5.51. The number of hydrogen-bond donors (Lipinski definition) is 1. The molecule has 0 atom stereocenters. The monoisotopic (exact) mass is 261 g/mol. The molecular weight excluding hydrogens is 240 g/mol. The van der Waals surface area contributed by atoms with Crippen LogP contribution in [0, 0.1) is 20.8 Å². The van der Waals surface area contributed by atoms with Gasteiger partial charge in [0.1, 0.15) is 6.09 Å². The summed E-state index contributed by atoms with van der Waals surface area (Å²) in [5, 5.41) is 14.3. The Labute approximate surface area is 114 Å². The number of carboxylic acid groups (broad SMARTS) is 1. The van der Waals surface area contributed by atoms with Gasteiger partial charge < -0.3 is 20.1 Å². The van der Waals surface area contributed by atoms with Gasteiger partial charge in [-0.1, -0.05) is 17.7 Å². The van der Waals surface area contributed by atoms with Crippen molar-refractivity contribution in [1.29, 1.82) is 0 Å². The molecule has 1 aromatic rings. The second-order valence-electron chi connectivity index (χ2n) is 5.45. The van der Waals surface area contributed by atoms with Crippen molar-refractivity contribution < 1.29 is 9.90 Å². The van der Waals surface area contributed by atoms with Gasteiger partial charge in [-0.05, 0) is 44.7 Å². The highest BCUT2D eigenvalue weighted by Crippen LogP contribution is 2.25. The van der Waals surface area contributed by atoms with Crippen molar-refractivity contribution in [2.75, 3.05) is 18.4 Å². The van der Waals surface area contributed by atoms with Crippen LogP contribution >= 0.6 is 0 Å². The molecule has 0 saturated carbocycles. The maximum absolute atomic E-state index is 10.8. The molecule has 104 valence electrons. The number of benzene rings is 1. The van der Waals surface area contributed by atoms with E-state index in [4.69, 9.17) is 0 Å². The Balaban J connectivity index is 2.02. The highest BCUT2D eigenvalue weighted by Gasteiger charge is 2.19. The zero-order valence-corrected chi connectivity index (χ0v) is 11.8. The lowest BCUT2D eigenvalue weighted by molar-refractivity contribution is -0.266. The van der Waals surface area contributed by atoms with Gasteiger partial charge in [-0.15, -0.1) is 0 Å². The number of aryl methyl sites for hydroxylation is 3. The fourth-order valence-corrected chi connectivity index (χ4v) is 2.82. The number of nitrogens with zero attached hydrogens (tertiary/aromatic N) is 1. The molecule has 1 aliphatic rings. The Bertz CT molecular complexity index is 454. The number of carbonyl (C=O) groups excluding carboxylic acids is 1. The van der Waals surface area contributed by atoms with Gasteiger partial charge >= 0.3 is 0 Å². The quantitative estimate of drug-likeness (QED) is 0.883. The molecule has 0 bridgehead atoms. The van der Waals surface area contributed by atoms with E-state index in [1.54, 1.807) is 0 Å². The van der Waals surface area contributed by atoms with Crippen LogP contribution in [0.4, 0.5) is 10.5 Å². The Kier molecular flexibility index (Phi) is 3.98. The normalized spacial score (nSPS) is 16.5. The van der Waals surface area contributed by atoms with Crippen LogP contribution in [-0.4, -0.2) is 30.1 Å². The van der Waals surface area contributed by atoms with Crippen LogP contribution in [-0.2, 0) is 0 Å². The molecule has 1 heterocycles. The largest absolute Gasteiger partial charge is 0.530 e. The van der Waals surface area contributed by atoms with Gasteiger partial charge in [-0.25, -0.2) is 0 Å². The van der Waals surface area contributed by atoms with E-state index in [0.717, 1.165) is 12.8 Å². The summed E-state index contributed by atoms with van der Waals surface area (Å²) < 4.78 is 0. The summed E-state index contributed by atoms with van der Waals surface area (Å²) in [7, 11) is 0. The first-order valence-electron chi connectivity index (χ1n) is 6.77. The SMILES string of the molecule is Cc1cc(C)c(NC2CCN(C(=O)[O-])CC2)c(C)c1. The first kappa shape index (κ1) is 13.7. The van der Waals surface area contributed by atoms with Crippen molar-refractivity contribution in [3.8, 4) is 0 Å². The van der Waals surface area contributed by atoms with Crippen LogP contribution in [0.15, 0.2) is 12.1 Å². The van der Waals surface area contributed by atoms with Crippen LogP contribution in [0.5, 0.6) is 0 Å². The second-order valence-corrected chi connectivity index (χ2v) is 5.45. The molecule has 0 aliphatic carbocycles. The number of likely N-dealkylation sites (tertiary alicyclic amines) is 1. The number of amides is 1. The van der Waals surface area contributed by atoms with E-state index < -0.39 is 6.09 Å². The molecule has 1 fully saturated rings. The smallest absolute Gasteiger partial charge is 0.136 e. The molecule has 1 N–H and O–H groups in total. The van der Waals surface area contributed by atoms with Gasteiger partial charge in [0.05, 0.1) is 0 Å². The van der Waals surface area contributed by atoms with Gasteiger partial charge in [0.15, 0.2) is 0 Å². The number of hydrogen-bond acceptors (Lipinski definition) is 3. The Morgan fingerprint density at radius 3 is 2.21 bits per heavy atom. The summed E-state index contributed by atoms with van der Waals surface area (Å²) >= 11 is 0. The van der Waals surface area contributed by atoms with Crippen molar-refractivity contribution in [3.63, 3.8) is 0 Å². The number of rotatable bonds is 2. The van der Waals surface area contributed by atoms with Crippen molar-refractivity contribution in [1.82, 2.24) is 4.90 Å². The average molecular weight is 261 g/mol. The lowest BCUT2D eigenvalue weighted by Gasteiger charge is -2.35. The standard InChI is InChI=1S/C15H22N2O2/c1-10-8-11(2)14(12(3)9-10)16-13-4-6-17(7-5-13)15(18)19/h8-9,13,16H,4-7H2,1-3H3,(H,18,19)/p-1. The van der Waals surface area contributed by atoms with Crippen LogP contribution in [0.3, 0.4) is 0 Å². The van der Waals surface area contributed by atoms with E-state index in [0.29, 0.717) is 19.1 Å². The molecule has 4 heteroatoms. The third-order valence-electron chi connectivity index (χ3n) is 3.78. The summed E-state index contributed by atoms with van der Waals surface area (Å²) in [6, 6.07) is 4.69. The highest BCUT2D eigenvalue weighted by atomic mass is 16.4. The van der Waals surface area contributed by atoms with E-state index in [9.17, 15) is 9.90 Å².